The van der Waals surface area contributed by atoms with Crippen LogP contribution in [0.1, 0.15) is 12.8 Å². The van der Waals surface area contributed by atoms with E-state index in [4.69, 9.17) is 20.9 Å². The molecule has 1 amide bonds. The largest absolute Gasteiger partial charge is 0.440 e. The number of hydrogen-bond donors (Lipinski definition) is 2. The number of methoxy groups -OCH3 is 1. The molecular weight excluding hydrogens is 260 g/mol. The van der Waals surface area contributed by atoms with E-state index in [0.717, 1.165) is 5.69 Å². The monoisotopic (exact) mass is 280 g/mol. The molecule has 110 valence electrons. The molecule has 1 aliphatic heterocycles. The molecule has 0 aromatic carbocycles. The molecule has 20 heavy (non-hydrogen) atoms. The summed E-state index contributed by atoms with van der Waals surface area (Å²) in [5.74, 6) is 0.502. The van der Waals surface area contributed by atoms with Crippen molar-refractivity contribution in [2.24, 2.45) is 5.73 Å². The van der Waals surface area contributed by atoms with Gasteiger partial charge in [0.05, 0.1) is 12.3 Å². The molecule has 0 atom stereocenters. The third-order valence-corrected chi connectivity index (χ3v) is 3.56. The van der Waals surface area contributed by atoms with E-state index in [9.17, 15) is 4.79 Å². The van der Waals surface area contributed by atoms with E-state index in [1.165, 1.54) is 0 Å². The van der Waals surface area contributed by atoms with Crippen molar-refractivity contribution in [3.63, 3.8) is 0 Å². The molecule has 1 aromatic rings. The van der Waals surface area contributed by atoms with Crippen LogP contribution < -0.4 is 16.4 Å². The van der Waals surface area contributed by atoms with Gasteiger partial charge in [0.1, 0.15) is 11.4 Å². The molecule has 2 heterocycles. The highest BCUT2D eigenvalue weighted by molar-refractivity contribution is 5.66. The maximum atomic E-state index is 11.1. The number of anilines is 2. The van der Waals surface area contributed by atoms with Gasteiger partial charge in [-0.1, -0.05) is 0 Å². The molecule has 0 spiro atoms. The first kappa shape index (κ1) is 14.4. The normalized spacial score (nSPS) is 17.8. The maximum Gasteiger partial charge on any atom is 0.405 e. The average Bonchev–Trinajstić information content (AvgIpc) is 2.40. The molecule has 1 aromatic heterocycles. The van der Waals surface area contributed by atoms with Gasteiger partial charge >= 0.3 is 6.09 Å². The van der Waals surface area contributed by atoms with E-state index in [0.29, 0.717) is 38.4 Å². The van der Waals surface area contributed by atoms with Crippen molar-refractivity contribution in [2.45, 2.75) is 18.4 Å². The van der Waals surface area contributed by atoms with Gasteiger partial charge in [-0.15, -0.1) is 0 Å². The van der Waals surface area contributed by atoms with E-state index < -0.39 is 11.7 Å². The second-order valence-electron chi connectivity index (χ2n) is 4.93. The van der Waals surface area contributed by atoms with Crippen molar-refractivity contribution in [1.82, 2.24) is 4.98 Å². The summed E-state index contributed by atoms with van der Waals surface area (Å²) in [4.78, 5) is 17.3. The number of nitrogens with zero attached hydrogens (tertiary/aromatic N) is 2. The predicted molar refractivity (Wildman–Crippen MR) is 75.4 cm³/mol. The zero-order valence-electron chi connectivity index (χ0n) is 11.5. The number of aromatic nitrogens is 1. The fourth-order valence-electron chi connectivity index (χ4n) is 2.58. The van der Waals surface area contributed by atoms with Crippen molar-refractivity contribution in [1.29, 1.82) is 0 Å². The zero-order valence-corrected chi connectivity index (χ0v) is 11.5. The van der Waals surface area contributed by atoms with E-state index >= 15 is 0 Å². The van der Waals surface area contributed by atoms with Gasteiger partial charge in [0, 0.05) is 39.2 Å². The Morgan fingerprint density at radius 3 is 2.75 bits per heavy atom. The van der Waals surface area contributed by atoms with E-state index in [2.05, 4.69) is 9.88 Å². The van der Waals surface area contributed by atoms with Gasteiger partial charge in [-0.3, -0.25) is 0 Å². The molecule has 7 nitrogen and oxygen atoms in total. The Morgan fingerprint density at radius 2 is 2.20 bits per heavy atom. The highest BCUT2D eigenvalue weighted by Gasteiger charge is 2.38. The Balaban J connectivity index is 2.06. The Hall–Kier alpha value is -2.02. The summed E-state index contributed by atoms with van der Waals surface area (Å²) in [6, 6.07) is 3.78. The molecule has 0 bridgehead atoms. The third-order valence-electron chi connectivity index (χ3n) is 3.56. The van der Waals surface area contributed by atoms with Crippen LogP contribution in [-0.4, -0.2) is 43.5 Å². The lowest BCUT2D eigenvalue weighted by molar-refractivity contribution is -0.0545. The third kappa shape index (κ3) is 3.11. The highest BCUT2D eigenvalue weighted by Crippen LogP contribution is 2.31. The quantitative estimate of drug-likeness (QED) is 0.843. The van der Waals surface area contributed by atoms with Crippen molar-refractivity contribution in [3.05, 3.63) is 18.3 Å². The first-order valence-electron chi connectivity index (χ1n) is 6.49. The molecule has 0 unspecified atom stereocenters. The lowest BCUT2D eigenvalue weighted by Gasteiger charge is -2.41. The molecular formula is C13H20N4O3. The molecule has 0 saturated carbocycles. The summed E-state index contributed by atoms with van der Waals surface area (Å²) in [6.45, 7) is 1.74. The van der Waals surface area contributed by atoms with Crippen LogP contribution in [0.2, 0.25) is 0 Å². The molecule has 1 saturated heterocycles. The molecule has 0 aliphatic carbocycles. The Kier molecular flexibility index (Phi) is 4.29. The van der Waals surface area contributed by atoms with Crippen LogP contribution in [0.25, 0.3) is 0 Å². The average molecular weight is 280 g/mol. The number of primary amides is 1. The van der Waals surface area contributed by atoms with E-state index in [-0.39, 0.29) is 0 Å². The summed E-state index contributed by atoms with van der Waals surface area (Å²) in [6.07, 6.45) is 2.17. The Labute approximate surface area is 117 Å². The van der Waals surface area contributed by atoms with Crippen LogP contribution in [0.3, 0.4) is 0 Å². The van der Waals surface area contributed by atoms with Gasteiger partial charge < -0.3 is 25.8 Å². The summed E-state index contributed by atoms with van der Waals surface area (Å²) in [7, 11) is 1.58. The lowest BCUT2D eigenvalue weighted by atomic mass is 9.91. The van der Waals surface area contributed by atoms with Crippen LogP contribution in [0.4, 0.5) is 16.3 Å². The highest BCUT2D eigenvalue weighted by atomic mass is 16.6. The molecule has 1 fully saturated rings. The minimum atomic E-state index is -0.767. The lowest BCUT2D eigenvalue weighted by Crippen LogP contribution is -2.50. The number of carbonyl (C=O) groups is 1. The fourth-order valence-corrected chi connectivity index (χ4v) is 2.58. The minimum Gasteiger partial charge on any atom is -0.440 e. The van der Waals surface area contributed by atoms with Crippen molar-refractivity contribution in [3.8, 4) is 0 Å². The van der Waals surface area contributed by atoms with Gasteiger partial charge in [0.2, 0.25) is 0 Å². The number of amides is 1. The summed E-state index contributed by atoms with van der Waals surface area (Å²) in [5.41, 5.74) is 11.3. The Morgan fingerprint density at radius 1 is 1.50 bits per heavy atom. The number of ether oxygens (including phenoxy) is 2. The van der Waals surface area contributed by atoms with Gasteiger partial charge in [0.15, 0.2) is 0 Å². The maximum absolute atomic E-state index is 11.1. The number of nitrogen functional groups attached to an aromatic ring is 1. The predicted octanol–water partition coefficient (Wildman–Crippen LogP) is 0.745. The molecule has 7 heteroatoms. The number of hydrogen-bond acceptors (Lipinski definition) is 6. The minimum absolute atomic E-state index is 0.340. The van der Waals surface area contributed by atoms with Crippen LogP contribution in [0.5, 0.6) is 0 Å². The van der Waals surface area contributed by atoms with Gasteiger partial charge in [-0.05, 0) is 12.1 Å². The molecule has 4 N–H and O–H groups in total. The molecule has 1 aliphatic rings. The second-order valence-corrected chi connectivity index (χ2v) is 4.93. The Bertz CT molecular complexity index is 472. The smallest absolute Gasteiger partial charge is 0.405 e. The second kappa shape index (κ2) is 5.96. The topological polar surface area (TPSA) is 104 Å². The van der Waals surface area contributed by atoms with Crippen LogP contribution in [-0.2, 0) is 9.47 Å². The first-order valence-corrected chi connectivity index (χ1v) is 6.49. The number of rotatable bonds is 4. The summed E-state index contributed by atoms with van der Waals surface area (Å²) >= 11 is 0. The number of piperidine rings is 1. The fraction of sp³-hybridized carbons (Fsp3) is 0.538. The van der Waals surface area contributed by atoms with Crippen LogP contribution in [0.15, 0.2) is 18.3 Å². The first-order chi connectivity index (χ1) is 9.56. The number of pyridine rings is 1. The van der Waals surface area contributed by atoms with Crippen molar-refractivity contribution >= 4 is 17.6 Å². The summed E-state index contributed by atoms with van der Waals surface area (Å²) in [5, 5.41) is 0. The standard InChI is InChI=1S/C13H20N4O3/c1-19-9-13(20-12(15)18)4-7-17(8-5-13)10-3-2-6-16-11(10)14/h2-3,6H,4-5,7-9H2,1H3,(H2,14,16)(H2,15,18). The van der Waals surface area contributed by atoms with Crippen molar-refractivity contribution < 1.29 is 14.3 Å². The number of carbonyl (C=O) groups excluding carboxylic acids is 1. The molecule has 0 radical (unpaired) electrons. The number of nitrogens with two attached hydrogens (primary N) is 2. The van der Waals surface area contributed by atoms with Gasteiger partial charge in [-0.25, -0.2) is 9.78 Å². The SMILES string of the molecule is COCC1(OC(N)=O)CCN(c2cccnc2N)CC1. The van der Waals surface area contributed by atoms with Crippen LogP contribution in [0, 0.1) is 0 Å². The van der Waals surface area contributed by atoms with E-state index in [1.54, 1.807) is 13.3 Å². The van der Waals surface area contributed by atoms with E-state index in [1.807, 2.05) is 12.1 Å². The zero-order chi connectivity index (χ0) is 14.6. The molecule has 2 rings (SSSR count). The van der Waals surface area contributed by atoms with Crippen LogP contribution >= 0.6 is 0 Å². The van der Waals surface area contributed by atoms with Gasteiger partial charge in [0.25, 0.3) is 0 Å². The van der Waals surface area contributed by atoms with Crippen molar-refractivity contribution in [2.75, 3.05) is 37.4 Å². The summed E-state index contributed by atoms with van der Waals surface area (Å²) < 4.78 is 10.4. The van der Waals surface area contributed by atoms with Gasteiger partial charge in [-0.2, -0.15) is 0 Å².